The van der Waals surface area contributed by atoms with E-state index in [9.17, 15) is 18.5 Å². The van der Waals surface area contributed by atoms with Crippen molar-refractivity contribution in [1.82, 2.24) is 9.71 Å². The van der Waals surface area contributed by atoms with Crippen LogP contribution in [0.15, 0.2) is 47.4 Å². The molecule has 0 radical (unpaired) electrons. The van der Waals surface area contributed by atoms with E-state index in [1.165, 1.54) is 40.8 Å². The van der Waals surface area contributed by atoms with E-state index in [1.54, 1.807) is 0 Å². The van der Waals surface area contributed by atoms with Crippen LogP contribution < -0.4 is 4.72 Å². The predicted molar refractivity (Wildman–Crippen MR) is 102 cm³/mol. The Morgan fingerprint density at radius 3 is 2.63 bits per heavy atom. The van der Waals surface area contributed by atoms with Gasteiger partial charge in [0.15, 0.2) is 0 Å². The lowest BCUT2D eigenvalue weighted by Crippen LogP contribution is -2.38. The maximum Gasteiger partial charge on any atom is 0.269 e. The summed E-state index contributed by atoms with van der Waals surface area (Å²) in [6, 6.07) is 11.0. The molecular formula is C19H19N3O4S. The zero-order valence-corrected chi connectivity index (χ0v) is 15.5. The molecule has 2 aromatic carbocycles. The monoisotopic (exact) mass is 385 g/mol. The van der Waals surface area contributed by atoms with Crippen LogP contribution in [0.5, 0.6) is 0 Å². The Bertz CT molecular complexity index is 1130. The number of fused-ring (bicyclic) bond motifs is 3. The Balaban J connectivity index is 1.55. The topological polar surface area (TPSA) is 105 Å². The Morgan fingerprint density at radius 1 is 1.19 bits per heavy atom. The number of aryl methyl sites for hydroxylation is 2. The number of sulfonamides is 1. The molecule has 7 nitrogen and oxygen atoms in total. The third kappa shape index (κ3) is 3.33. The molecule has 1 unspecified atom stereocenters. The Labute approximate surface area is 156 Å². The van der Waals surface area contributed by atoms with Crippen LogP contribution in [0.3, 0.4) is 0 Å². The fraction of sp³-hybridized carbons (Fsp3) is 0.263. The Kier molecular flexibility index (Phi) is 4.24. The molecule has 1 aliphatic carbocycles. The minimum absolute atomic E-state index is 0.0335. The summed E-state index contributed by atoms with van der Waals surface area (Å²) in [5.41, 5.74) is 4.47. The number of benzene rings is 2. The van der Waals surface area contributed by atoms with Gasteiger partial charge in [-0.05, 0) is 49.6 Å². The van der Waals surface area contributed by atoms with Crippen molar-refractivity contribution < 1.29 is 13.3 Å². The number of nitrogens with one attached hydrogen (secondary N) is 2. The molecule has 27 heavy (non-hydrogen) atoms. The van der Waals surface area contributed by atoms with E-state index in [4.69, 9.17) is 0 Å². The molecule has 3 aromatic rings. The van der Waals surface area contributed by atoms with E-state index >= 15 is 0 Å². The van der Waals surface area contributed by atoms with Crippen molar-refractivity contribution in [3.05, 3.63) is 69.4 Å². The van der Waals surface area contributed by atoms with Crippen LogP contribution in [0.25, 0.3) is 10.9 Å². The van der Waals surface area contributed by atoms with Crippen molar-refractivity contribution in [3.63, 3.8) is 0 Å². The van der Waals surface area contributed by atoms with Gasteiger partial charge in [-0.1, -0.05) is 11.6 Å². The fourth-order valence-electron chi connectivity index (χ4n) is 3.68. The highest BCUT2D eigenvalue weighted by molar-refractivity contribution is 7.89. The number of H-pyrrole nitrogens is 1. The molecule has 0 spiro atoms. The minimum Gasteiger partial charge on any atom is -0.358 e. The second kappa shape index (κ2) is 6.47. The SMILES string of the molecule is Cc1ccc2[nH]c3c(c2c1)CCC(NS(=O)(=O)c1ccc([N+](=O)[O-])cc1)C3. The van der Waals surface area contributed by atoms with Crippen LogP contribution in [0.1, 0.15) is 23.2 Å². The van der Waals surface area contributed by atoms with Crippen LogP contribution in [0.4, 0.5) is 5.69 Å². The quantitative estimate of drug-likeness (QED) is 0.531. The van der Waals surface area contributed by atoms with E-state index in [0.717, 1.165) is 17.6 Å². The molecule has 0 aliphatic heterocycles. The molecule has 140 valence electrons. The number of hydrogen-bond acceptors (Lipinski definition) is 4. The lowest BCUT2D eigenvalue weighted by molar-refractivity contribution is -0.384. The van der Waals surface area contributed by atoms with Gasteiger partial charge in [0.25, 0.3) is 5.69 Å². The van der Waals surface area contributed by atoms with E-state index in [1.807, 2.05) is 0 Å². The summed E-state index contributed by atoms with van der Waals surface area (Å²) in [6.45, 7) is 2.06. The van der Waals surface area contributed by atoms with E-state index in [2.05, 4.69) is 34.8 Å². The highest BCUT2D eigenvalue weighted by Crippen LogP contribution is 2.30. The summed E-state index contributed by atoms with van der Waals surface area (Å²) in [7, 11) is -3.73. The van der Waals surface area contributed by atoms with Gasteiger partial charge in [0.05, 0.1) is 9.82 Å². The van der Waals surface area contributed by atoms with Crippen LogP contribution in [-0.4, -0.2) is 24.4 Å². The number of hydrogen-bond donors (Lipinski definition) is 2. The number of rotatable bonds is 4. The van der Waals surface area contributed by atoms with Crippen LogP contribution in [0.2, 0.25) is 0 Å². The van der Waals surface area contributed by atoms with Gasteiger partial charge < -0.3 is 4.98 Å². The second-order valence-corrected chi connectivity index (χ2v) is 8.66. The third-order valence-corrected chi connectivity index (χ3v) is 6.56. The maximum absolute atomic E-state index is 12.6. The Hall–Kier alpha value is -2.71. The van der Waals surface area contributed by atoms with E-state index in [-0.39, 0.29) is 16.6 Å². The average molecular weight is 385 g/mol. The zero-order chi connectivity index (χ0) is 19.2. The van der Waals surface area contributed by atoms with Crippen molar-refractivity contribution in [2.75, 3.05) is 0 Å². The standard InChI is InChI=1S/C19H19N3O4S/c1-12-2-9-18-17(10-12)16-8-3-13(11-19(16)20-18)21-27(25,26)15-6-4-14(5-7-15)22(23)24/h2,4-7,9-10,13,20-21H,3,8,11H2,1H3. The predicted octanol–water partition coefficient (Wildman–Crippen LogP) is 3.22. The molecule has 1 atom stereocenters. The molecule has 1 aromatic heterocycles. The van der Waals surface area contributed by atoms with Gasteiger partial charge in [0.2, 0.25) is 10.0 Å². The van der Waals surface area contributed by atoms with Crippen molar-refractivity contribution >= 4 is 26.6 Å². The first-order chi connectivity index (χ1) is 12.8. The summed E-state index contributed by atoms with van der Waals surface area (Å²) < 4.78 is 28.0. The van der Waals surface area contributed by atoms with Crippen LogP contribution in [0, 0.1) is 17.0 Å². The summed E-state index contributed by atoms with van der Waals surface area (Å²) in [5.74, 6) is 0. The average Bonchev–Trinajstić information content (AvgIpc) is 2.98. The van der Waals surface area contributed by atoms with Crippen molar-refractivity contribution in [3.8, 4) is 0 Å². The highest BCUT2D eigenvalue weighted by atomic mass is 32.2. The molecule has 1 aliphatic rings. The van der Waals surface area contributed by atoms with Gasteiger partial charge >= 0.3 is 0 Å². The van der Waals surface area contributed by atoms with E-state index < -0.39 is 14.9 Å². The van der Waals surface area contributed by atoms with Gasteiger partial charge in [0.1, 0.15) is 0 Å². The first kappa shape index (κ1) is 17.7. The fourth-order valence-corrected chi connectivity index (χ4v) is 4.95. The van der Waals surface area contributed by atoms with Crippen LogP contribution >= 0.6 is 0 Å². The van der Waals surface area contributed by atoms with Gasteiger partial charge in [0, 0.05) is 41.2 Å². The van der Waals surface area contributed by atoms with Gasteiger partial charge in [-0.25, -0.2) is 13.1 Å². The van der Waals surface area contributed by atoms with Crippen molar-refractivity contribution in [1.29, 1.82) is 0 Å². The molecule has 0 saturated carbocycles. The van der Waals surface area contributed by atoms with Crippen molar-refractivity contribution in [2.24, 2.45) is 0 Å². The molecule has 0 saturated heterocycles. The first-order valence-corrected chi connectivity index (χ1v) is 10.2. The number of aromatic nitrogens is 1. The second-order valence-electron chi connectivity index (χ2n) is 6.94. The van der Waals surface area contributed by atoms with Gasteiger partial charge in [-0.15, -0.1) is 0 Å². The molecule has 0 amide bonds. The van der Waals surface area contributed by atoms with E-state index in [0.29, 0.717) is 12.8 Å². The molecule has 2 N–H and O–H groups in total. The summed E-state index contributed by atoms with van der Waals surface area (Å²) in [5, 5.41) is 11.9. The number of aromatic amines is 1. The number of non-ortho nitro benzene ring substituents is 1. The molecule has 1 heterocycles. The normalized spacial score (nSPS) is 17.0. The largest absolute Gasteiger partial charge is 0.358 e. The minimum atomic E-state index is -3.73. The summed E-state index contributed by atoms with van der Waals surface area (Å²) in [4.78, 5) is 13.6. The number of nitro groups is 1. The van der Waals surface area contributed by atoms with Crippen LogP contribution in [-0.2, 0) is 22.9 Å². The molecule has 8 heteroatoms. The summed E-state index contributed by atoms with van der Waals surface area (Å²) >= 11 is 0. The summed E-state index contributed by atoms with van der Waals surface area (Å²) in [6.07, 6.45) is 2.10. The smallest absolute Gasteiger partial charge is 0.269 e. The molecule has 4 rings (SSSR count). The van der Waals surface area contributed by atoms with Crippen molar-refractivity contribution in [2.45, 2.75) is 37.1 Å². The highest BCUT2D eigenvalue weighted by Gasteiger charge is 2.27. The van der Waals surface area contributed by atoms with Gasteiger partial charge in [-0.3, -0.25) is 10.1 Å². The first-order valence-electron chi connectivity index (χ1n) is 8.70. The third-order valence-electron chi connectivity index (χ3n) is 5.02. The lowest BCUT2D eigenvalue weighted by atomic mass is 9.92. The molecular weight excluding hydrogens is 366 g/mol. The Morgan fingerprint density at radius 2 is 1.93 bits per heavy atom. The number of nitro benzene ring substituents is 1. The maximum atomic E-state index is 12.6. The zero-order valence-electron chi connectivity index (χ0n) is 14.7. The molecule has 0 bridgehead atoms. The lowest BCUT2D eigenvalue weighted by Gasteiger charge is -2.23. The van der Waals surface area contributed by atoms with Gasteiger partial charge in [-0.2, -0.15) is 0 Å². The number of nitrogens with zero attached hydrogens (tertiary/aromatic N) is 1. The molecule has 0 fully saturated rings.